The van der Waals surface area contributed by atoms with E-state index < -0.39 is 11.8 Å². The monoisotopic (exact) mass is 231 g/mol. The van der Waals surface area contributed by atoms with Gasteiger partial charge in [0, 0.05) is 0 Å². The van der Waals surface area contributed by atoms with Gasteiger partial charge in [-0.15, -0.1) is 0 Å². The first-order chi connectivity index (χ1) is 8.11. The first kappa shape index (κ1) is 11.5. The van der Waals surface area contributed by atoms with Crippen LogP contribution in [0.15, 0.2) is 29.3 Å². The van der Waals surface area contributed by atoms with Crippen LogP contribution in [-0.2, 0) is 9.59 Å². The lowest BCUT2D eigenvalue weighted by Crippen LogP contribution is -2.45. The van der Waals surface area contributed by atoms with E-state index in [1.165, 1.54) is 0 Å². The van der Waals surface area contributed by atoms with Crippen LogP contribution in [0, 0.1) is 6.92 Å². The molecule has 0 saturated heterocycles. The van der Waals surface area contributed by atoms with Crippen molar-refractivity contribution in [3.05, 3.63) is 35.4 Å². The van der Waals surface area contributed by atoms with Gasteiger partial charge in [0.1, 0.15) is 11.8 Å². The van der Waals surface area contributed by atoms with Gasteiger partial charge in [-0.1, -0.05) is 29.8 Å². The Morgan fingerprint density at radius 1 is 1.29 bits per heavy atom. The van der Waals surface area contributed by atoms with Crippen molar-refractivity contribution in [2.45, 2.75) is 12.8 Å². The summed E-state index contributed by atoms with van der Waals surface area (Å²) in [5.41, 5.74) is 7.06. The first-order valence-electron chi connectivity index (χ1n) is 5.30. The molecular formula is C12H13N3O2. The zero-order valence-corrected chi connectivity index (χ0v) is 9.43. The number of amidine groups is 1. The number of amides is 2. The maximum absolute atomic E-state index is 11.8. The number of hydrogen-bond acceptors (Lipinski definition) is 3. The lowest BCUT2D eigenvalue weighted by Gasteiger charge is -2.19. The Bertz CT molecular complexity index is 491. The van der Waals surface area contributed by atoms with Crippen molar-refractivity contribution in [2.24, 2.45) is 10.7 Å². The van der Waals surface area contributed by atoms with E-state index in [0.717, 1.165) is 5.56 Å². The highest BCUT2D eigenvalue weighted by molar-refractivity contribution is 6.19. The number of nitrogens with one attached hydrogen (secondary N) is 1. The number of carbonyl (C=O) groups is 2. The summed E-state index contributed by atoms with van der Waals surface area (Å²) in [5, 5.41) is 2.52. The average Bonchev–Trinajstić information content (AvgIpc) is 2.30. The van der Waals surface area contributed by atoms with Crippen molar-refractivity contribution < 1.29 is 9.59 Å². The number of rotatable bonds is 2. The van der Waals surface area contributed by atoms with E-state index in [4.69, 9.17) is 5.73 Å². The van der Waals surface area contributed by atoms with Crippen LogP contribution in [0.2, 0.25) is 0 Å². The van der Waals surface area contributed by atoms with Crippen molar-refractivity contribution in [1.82, 2.24) is 5.32 Å². The molecule has 0 fully saturated rings. The van der Waals surface area contributed by atoms with Crippen molar-refractivity contribution in [2.75, 3.05) is 6.54 Å². The Labute approximate surface area is 98.7 Å². The van der Waals surface area contributed by atoms with Gasteiger partial charge < -0.3 is 11.1 Å². The number of carbonyl (C=O) groups excluding carboxylic acids is 2. The molecule has 0 saturated carbocycles. The Kier molecular flexibility index (Phi) is 3.01. The quantitative estimate of drug-likeness (QED) is 0.707. The van der Waals surface area contributed by atoms with E-state index in [1.807, 2.05) is 19.1 Å². The number of nitrogens with zero attached hydrogens (tertiary/aromatic N) is 1. The summed E-state index contributed by atoms with van der Waals surface area (Å²) in [6.07, 6.45) is 0. The number of aliphatic imine (C=N–C) groups is 1. The lowest BCUT2D eigenvalue weighted by molar-refractivity contribution is -0.129. The number of hydrogen-bond donors (Lipinski definition) is 2. The van der Waals surface area contributed by atoms with Gasteiger partial charge in [0.2, 0.25) is 5.91 Å². The molecule has 0 aromatic heterocycles. The number of aryl methyl sites for hydroxylation is 1. The highest BCUT2D eigenvalue weighted by Gasteiger charge is 2.32. The standard InChI is InChI=1S/C12H13N3O2/c1-7-2-4-8(5-3-7)10-11(16)14-9(6-13)15-12(10)17/h2-5,10H,6,13H2,1H3,(H,14,15,16,17). The van der Waals surface area contributed by atoms with Crippen LogP contribution in [-0.4, -0.2) is 24.2 Å². The third-order valence-electron chi connectivity index (χ3n) is 2.63. The molecule has 1 aliphatic rings. The fourth-order valence-electron chi connectivity index (χ4n) is 1.70. The zero-order chi connectivity index (χ0) is 12.4. The van der Waals surface area contributed by atoms with Crippen LogP contribution in [0.1, 0.15) is 17.0 Å². The van der Waals surface area contributed by atoms with E-state index in [-0.39, 0.29) is 18.3 Å². The molecule has 0 aliphatic carbocycles. The molecule has 0 bridgehead atoms. The molecule has 1 aliphatic heterocycles. The van der Waals surface area contributed by atoms with Crippen LogP contribution in [0.25, 0.3) is 0 Å². The van der Waals surface area contributed by atoms with E-state index in [9.17, 15) is 9.59 Å². The minimum Gasteiger partial charge on any atom is -0.324 e. The van der Waals surface area contributed by atoms with Crippen molar-refractivity contribution >= 4 is 17.6 Å². The molecule has 1 aromatic rings. The topological polar surface area (TPSA) is 84.6 Å². The average molecular weight is 231 g/mol. The van der Waals surface area contributed by atoms with Gasteiger partial charge in [-0.3, -0.25) is 9.59 Å². The third-order valence-corrected chi connectivity index (χ3v) is 2.63. The molecule has 1 unspecified atom stereocenters. The molecular weight excluding hydrogens is 218 g/mol. The van der Waals surface area contributed by atoms with E-state index in [2.05, 4.69) is 10.3 Å². The van der Waals surface area contributed by atoms with Crippen molar-refractivity contribution in [1.29, 1.82) is 0 Å². The van der Waals surface area contributed by atoms with Gasteiger partial charge in [0.15, 0.2) is 0 Å². The fraction of sp³-hybridized carbons (Fsp3) is 0.250. The van der Waals surface area contributed by atoms with Crippen LogP contribution in [0.3, 0.4) is 0 Å². The lowest BCUT2D eigenvalue weighted by atomic mass is 9.95. The van der Waals surface area contributed by atoms with Gasteiger partial charge in [-0.25, -0.2) is 0 Å². The van der Waals surface area contributed by atoms with E-state index in [0.29, 0.717) is 5.56 Å². The van der Waals surface area contributed by atoms with Crippen LogP contribution in [0.5, 0.6) is 0 Å². The van der Waals surface area contributed by atoms with E-state index >= 15 is 0 Å². The summed E-state index contributed by atoms with van der Waals surface area (Å²) in [6.45, 7) is 2.00. The maximum Gasteiger partial charge on any atom is 0.264 e. The second kappa shape index (κ2) is 4.47. The summed E-state index contributed by atoms with van der Waals surface area (Å²) in [5.74, 6) is -1.46. The molecule has 1 heterocycles. The normalized spacial score (nSPS) is 19.9. The van der Waals surface area contributed by atoms with E-state index in [1.54, 1.807) is 12.1 Å². The molecule has 5 heteroatoms. The Balaban J connectivity index is 2.34. The van der Waals surface area contributed by atoms with Crippen molar-refractivity contribution in [3.63, 3.8) is 0 Å². The zero-order valence-electron chi connectivity index (χ0n) is 9.43. The van der Waals surface area contributed by atoms with Crippen LogP contribution < -0.4 is 11.1 Å². The molecule has 17 heavy (non-hydrogen) atoms. The Morgan fingerprint density at radius 3 is 2.47 bits per heavy atom. The Hall–Kier alpha value is -2.01. The highest BCUT2D eigenvalue weighted by Crippen LogP contribution is 2.20. The predicted molar refractivity (Wildman–Crippen MR) is 63.6 cm³/mol. The third kappa shape index (κ3) is 2.24. The van der Waals surface area contributed by atoms with Gasteiger partial charge in [-0.2, -0.15) is 4.99 Å². The number of benzene rings is 1. The molecule has 3 N–H and O–H groups in total. The molecule has 2 rings (SSSR count). The van der Waals surface area contributed by atoms with Gasteiger partial charge in [0.25, 0.3) is 5.91 Å². The molecule has 0 radical (unpaired) electrons. The molecule has 1 atom stereocenters. The number of nitrogens with two attached hydrogens (primary N) is 1. The van der Waals surface area contributed by atoms with Gasteiger partial charge >= 0.3 is 0 Å². The second-order valence-corrected chi connectivity index (χ2v) is 3.93. The molecule has 5 nitrogen and oxygen atoms in total. The summed E-state index contributed by atoms with van der Waals surface area (Å²) in [6, 6.07) is 7.25. The highest BCUT2D eigenvalue weighted by atomic mass is 16.2. The smallest absolute Gasteiger partial charge is 0.264 e. The maximum atomic E-state index is 11.8. The molecule has 88 valence electrons. The minimum absolute atomic E-state index is 0.0537. The SMILES string of the molecule is Cc1ccc(C2C(=O)N=C(CN)NC2=O)cc1. The van der Waals surface area contributed by atoms with Crippen LogP contribution in [0.4, 0.5) is 0 Å². The second-order valence-electron chi connectivity index (χ2n) is 3.93. The van der Waals surface area contributed by atoms with Gasteiger partial charge in [0.05, 0.1) is 6.54 Å². The summed E-state index contributed by atoms with van der Waals surface area (Å²) >= 11 is 0. The Morgan fingerprint density at radius 2 is 1.94 bits per heavy atom. The summed E-state index contributed by atoms with van der Waals surface area (Å²) in [7, 11) is 0. The fourth-order valence-corrected chi connectivity index (χ4v) is 1.70. The molecule has 1 aromatic carbocycles. The van der Waals surface area contributed by atoms with Crippen molar-refractivity contribution in [3.8, 4) is 0 Å². The largest absolute Gasteiger partial charge is 0.324 e. The minimum atomic E-state index is -0.856. The predicted octanol–water partition coefficient (Wildman–Crippen LogP) is 0.0922. The van der Waals surface area contributed by atoms with Crippen LogP contribution >= 0.6 is 0 Å². The molecule has 2 amide bonds. The summed E-state index contributed by atoms with van der Waals surface area (Å²) < 4.78 is 0. The first-order valence-corrected chi connectivity index (χ1v) is 5.30. The van der Waals surface area contributed by atoms with Gasteiger partial charge in [-0.05, 0) is 12.5 Å². The summed E-state index contributed by atoms with van der Waals surface area (Å²) in [4.78, 5) is 27.3. The molecule has 0 spiro atoms.